The van der Waals surface area contributed by atoms with Gasteiger partial charge >= 0.3 is 0 Å². The highest BCUT2D eigenvalue weighted by Gasteiger charge is 2.26. The van der Waals surface area contributed by atoms with Crippen LogP contribution in [0.1, 0.15) is 12.5 Å². The van der Waals surface area contributed by atoms with Crippen LogP contribution in [0.5, 0.6) is 0 Å². The molecule has 1 aliphatic heterocycles. The van der Waals surface area contributed by atoms with E-state index in [1.54, 1.807) is 6.20 Å². The van der Waals surface area contributed by atoms with E-state index in [-0.39, 0.29) is 0 Å². The normalized spacial score (nSPS) is 18.2. The Balaban J connectivity index is 2.09. The molecule has 0 aliphatic carbocycles. The Labute approximate surface area is 101 Å². The van der Waals surface area contributed by atoms with Crippen molar-refractivity contribution in [2.75, 3.05) is 10.6 Å². The van der Waals surface area contributed by atoms with Gasteiger partial charge in [0, 0.05) is 29.7 Å². The topological polar surface area (TPSA) is 42.2 Å². The largest absolute Gasteiger partial charge is 0.384 e. The second-order valence-corrected chi connectivity index (χ2v) is 4.49. The number of benzene rings is 1. The van der Waals surface area contributed by atoms with E-state index < -0.39 is 0 Å². The lowest BCUT2D eigenvalue weighted by molar-refractivity contribution is 0.758. The first kappa shape index (κ1) is 10.1. The Kier molecular flexibility index (Phi) is 2.25. The Morgan fingerprint density at radius 3 is 2.94 bits per heavy atom. The second kappa shape index (κ2) is 3.77. The number of nitrogens with zero attached hydrogens (tertiary/aromatic N) is 2. The van der Waals surface area contributed by atoms with Crippen LogP contribution in [0.3, 0.4) is 0 Å². The smallest absolute Gasteiger partial charge is 0.125 e. The highest BCUT2D eigenvalue weighted by Crippen LogP contribution is 2.38. The lowest BCUT2D eigenvalue weighted by Gasteiger charge is -2.25. The lowest BCUT2D eigenvalue weighted by atomic mass is 10.1. The Morgan fingerprint density at radius 1 is 1.29 bits per heavy atom. The van der Waals surface area contributed by atoms with Gasteiger partial charge in [-0.2, -0.15) is 0 Å². The molecule has 3 rings (SSSR count). The van der Waals surface area contributed by atoms with Crippen molar-refractivity contribution in [2.45, 2.75) is 19.4 Å². The molecule has 2 N–H and O–H groups in total. The third kappa shape index (κ3) is 1.64. The molecule has 1 atom stereocenters. The standard InChI is InChI=1S/C14H15N3/c1-10-8-11-4-2-3-5-13(11)17(10)12-6-7-16-14(15)9-12/h2-7,9-10H,8H2,1H3,(H2,15,16). The van der Waals surface area contributed by atoms with Crippen LogP contribution < -0.4 is 10.6 Å². The number of rotatable bonds is 1. The van der Waals surface area contributed by atoms with Crippen LogP contribution >= 0.6 is 0 Å². The third-order valence-electron chi connectivity index (χ3n) is 3.25. The summed E-state index contributed by atoms with van der Waals surface area (Å²) in [5.74, 6) is 0.569. The van der Waals surface area contributed by atoms with E-state index in [0.717, 1.165) is 12.1 Å². The highest BCUT2D eigenvalue weighted by atomic mass is 15.2. The number of nitrogen functional groups attached to an aromatic ring is 1. The predicted octanol–water partition coefficient (Wildman–Crippen LogP) is 2.75. The number of nitrogens with two attached hydrogens (primary N) is 1. The van der Waals surface area contributed by atoms with Gasteiger partial charge in [-0.1, -0.05) is 18.2 Å². The van der Waals surface area contributed by atoms with Gasteiger partial charge in [-0.05, 0) is 31.0 Å². The van der Waals surface area contributed by atoms with Crippen molar-refractivity contribution in [1.29, 1.82) is 0 Å². The number of pyridine rings is 1. The summed E-state index contributed by atoms with van der Waals surface area (Å²) in [6.07, 6.45) is 2.84. The van der Waals surface area contributed by atoms with Crippen LogP contribution in [0.2, 0.25) is 0 Å². The average Bonchev–Trinajstić information content (AvgIpc) is 2.64. The quantitative estimate of drug-likeness (QED) is 0.811. The monoisotopic (exact) mass is 225 g/mol. The average molecular weight is 225 g/mol. The Bertz CT molecular complexity index is 551. The first-order valence-electron chi connectivity index (χ1n) is 5.84. The molecular weight excluding hydrogens is 210 g/mol. The number of fused-ring (bicyclic) bond motifs is 1. The van der Waals surface area contributed by atoms with Crippen molar-refractivity contribution in [3.8, 4) is 0 Å². The molecule has 0 bridgehead atoms. The molecule has 1 aromatic carbocycles. The molecule has 3 nitrogen and oxygen atoms in total. The van der Waals surface area contributed by atoms with Crippen LogP contribution in [0.25, 0.3) is 0 Å². The number of anilines is 3. The Morgan fingerprint density at radius 2 is 2.12 bits per heavy atom. The van der Waals surface area contributed by atoms with E-state index in [4.69, 9.17) is 5.73 Å². The van der Waals surface area contributed by atoms with Crippen LogP contribution in [-0.4, -0.2) is 11.0 Å². The minimum absolute atomic E-state index is 0.467. The van der Waals surface area contributed by atoms with Gasteiger partial charge < -0.3 is 10.6 Å². The van der Waals surface area contributed by atoms with Crippen molar-refractivity contribution >= 4 is 17.2 Å². The molecule has 0 radical (unpaired) electrons. The zero-order valence-corrected chi connectivity index (χ0v) is 9.80. The summed E-state index contributed by atoms with van der Waals surface area (Å²) in [6.45, 7) is 2.23. The third-order valence-corrected chi connectivity index (χ3v) is 3.25. The summed E-state index contributed by atoms with van der Waals surface area (Å²) in [7, 11) is 0. The van der Waals surface area contributed by atoms with Gasteiger partial charge in [-0.15, -0.1) is 0 Å². The van der Waals surface area contributed by atoms with Gasteiger partial charge in [-0.3, -0.25) is 0 Å². The van der Waals surface area contributed by atoms with Crippen LogP contribution in [-0.2, 0) is 6.42 Å². The van der Waals surface area contributed by atoms with Gasteiger partial charge in [0.15, 0.2) is 0 Å². The predicted molar refractivity (Wildman–Crippen MR) is 70.4 cm³/mol. The fourth-order valence-electron chi connectivity index (χ4n) is 2.55. The number of hydrogen-bond donors (Lipinski definition) is 1. The Hall–Kier alpha value is -2.03. The molecule has 0 amide bonds. The van der Waals surface area contributed by atoms with Crippen LogP contribution in [0, 0.1) is 0 Å². The maximum atomic E-state index is 5.75. The van der Waals surface area contributed by atoms with Crippen molar-refractivity contribution in [2.24, 2.45) is 0 Å². The number of para-hydroxylation sites is 1. The molecule has 86 valence electrons. The summed E-state index contributed by atoms with van der Waals surface area (Å²) in [4.78, 5) is 6.37. The molecule has 0 saturated carbocycles. The van der Waals surface area contributed by atoms with E-state index in [0.29, 0.717) is 11.9 Å². The molecule has 0 spiro atoms. The van der Waals surface area contributed by atoms with Gasteiger partial charge in [0.1, 0.15) is 5.82 Å². The molecule has 1 aromatic heterocycles. The van der Waals surface area contributed by atoms with Gasteiger partial charge in [-0.25, -0.2) is 4.98 Å². The van der Waals surface area contributed by atoms with E-state index in [1.165, 1.54) is 11.3 Å². The van der Waals surface area contributed by atoms with Crippen molar-refractivity contribution < 1.29 is 0 Å². The molecule has 1 aliphatic rings. The van der Waals surface area contributed by atoms with Crippen molar-refractivity contribution in [3.05, 3.63) is 48.2 Å². The summed E-state index contributed by atoms with van der Waals surface area (Å²) in [5.41, 5.74) is 9.56. The fraction of sp³-hybridized carbons (Fsp3) is 0.214. The molecule has 0 saturated heterocycles. The summed E-state index contributed by atoms with van der Waals surface area (Å²) in [6, 6.07) is 12.9. The molecule has 1 unspecified atom stereocenters. The number of hydrogen-bond acceptors (Lipinski definition) is 3. The van der Waals surface area contributed by atoms with Crippen molar-refractivity contribution in [1.82, 2.24) is 4.98 Å². The second-order valence-electron chi connectivity index (χ2n) is 4.49. The maximum absolute atomic E-state index is 5.75. The summed E-state index contributed by atoms with van der Waals surface area (Å²) in [5, 5.41) is 0. The molecule has 2 heterocycles. The van der Waals surface area contributed by atoms with Crippen LogP contribution in [0.4, 0.5) is 17.2 Å². The zero-order valence-electron chi connectivity index (χ0n) is 9.80. The minimum atomic E-state index is 0.467. The maximum Gasteiger partial charge on any atom is 0.125 e. The van der Waals surface area contributed by atoms with E-state index in [2.05, 4.69) is 41.1 Å². The first-order valence-corrected chi connectivity index (χ1v) is 5.84. The summed E-state index contributed by atoms with van der Waals surface area (Å²) < 4.78 is 0. The van der Waals surface area contributed by atoms with E-state index in [9.17, 15) is 0 Å². The highest BCUT2D eigenvalue weighted by molar-refractivity contribution is 5.71. The first-order chi connectivity index (χ1) is 8.25. The van der Waals surface area contributed by atoms with Gasteiger partial charge in [0.25, 0.3) is 0 Å². The molecule has 17 heavy (non-hydrogen) atoms. The molecular formula is C14H15N3. The molecule has 0 fully saturated rings. The SMILES string of the molecule is CC1Cc2ccccc2N1c1ccnc(N)c1. The van der Waals surface area contributed by atoms with E-state index in [1.807, 2.05) is 12.1 Å². The molecule has 3 heteroatoms. The summed E-state index contributed by atoms with van der Waals surface area (Å²) >= 11 is 0. The van der Waals surface area contributed by atoms with Crippen molar-refractivity contribution in [3.63, 3.8) is 0 Å². The van der Waals surface area contributed by atoms with Gasteiger partial charge in [0.05, 0.1) is 0 Å². The fourth-order valence-corrected chi connectivity index (χ4v) is 2.55. The zero-order chi connectivity index (χ0) is 11.8. The van der Waals surface area contributed by atoms with E-state index >= 15 is 0 Å². The minimum Gasteiger partial charge on any atom is -0.384 e. The lowest BCUT2D eigenvalue weighted by Crippen LogP contribution is -2.23. The van der Waals surface area contributed by atoms with Gasteiger partial charge in [0.2, 0.25) is 0 Å². The molecule has 2 aromatic rings. The van der Waals surface area contributed by atoms with Crippen LogP contribution in [0.15, 0.2) is 42.6 Å². The number of aromatic nitrogens is 1.